The van der Waals surface area contributed by atoms with Crippen molar-refractivity contribution in [2.45, 2.75) is 148 Å². The highest BCUT2D eigenvalue weighted by atomic mass is 31.2. The van der Waals surface area contributed by atoms with Gasteiger partial charge in [0.05, 0.1) is 25.4 Å². The Morgan fingerprint density at radius 2 is 1.32 bits per heavy atom. The predicted octanol–water partition coefficient (Wildman–Crippen LogP) is 7.49. The van der Waals surface area contributed by atoms with E-state index in [1.54, 1.807) is 6.08 Å². The number of carbonyl (C=O) groups is 1. The molecule has 0 saturated carbocycles. The highest BCUT2D eigenvalue weighted by Gasteiger charge is 2.26. The van der Waals surface area contributed by atoms with Crippen LogP contribution in [-0.2, 0) is 18.4 Å². The number of amides is 1. The van der Waals surface area contributed by atoms with Gasteiger partial charge in [-0.25, -0.2) is 4.57 Å². The summed E-state index contributed by atoms with van der Waals surface area (Å²) < 4.78 is 21.8. The maximum Gasteiger partial charge on any atom is 0.472 e. The molecule has 1 amide bonds. The standard InChI is InChI=1S/C31H61N2O6P/c1-3-5-7-9-11-13-14-15-16-17-19-21-23-25-31(35)33-29(28-39-40(36,37)38-27-26-32)30(34)24-22-20-18-12-10-8-6-4-2/h10,12,22,24,29-30,34H,3-9,11,13-21,23,25-28,32H2,1-2H3,(H,33,35)(H,36,37)/b12-10+,24-22+. The van der Waals surface area contributed by atoms with Crippen LogP contribution in [0.4, 0.5) is 0 Å². The van der Waals surface area contributed by atoms with Crippen molar-refractivity contribution in [2.75, 3.05) is 19.8 Å². The molecule has 5 N–H and O–H groups in total. The van der Waals surface area contributed by atoms with Gasteiger partial charge >= 0.3 is 7.82 Å². The number of hydrogen-bond acceptors (Lipinski definition) is 6. The second kappa shape index (κ2) is 28.1. The van der Waals surface area contributed by atoms with Crippen LogP contribution in [0.15, 0.2) is 24.3 Å². The van der Waals surface area contributed by atoms with E-state index in [0.717, 1.165) is 38.5 Å². The summed E-state index contributed by atoms with van der Waals surface area (Å²) in [5, 5.41) is 13.4. The van der Waals surface area contributed by atoms with Crippen LogP contribution in [-0.4, -0.2) is 47.8 Å². The third-order valence-electron chi connectivity index (χ3n) is 6.78. The number of hydrogen-bond donors (Lipinski definition) is 4. The quantitative estimate of drug-likeness (QED) is 0.0404. The molecule has 3 atom stereocenters. The lowest BCUT2D eigenvalue weighted by atomic mass is 10.0. The molecular weight excluding hydrogens is 527 g/mol. The summed E-state index contributed by atoms with van der Waals surface area (Å²) in [6.45, 7) is 4.00. The Labute approximate surface area is 245 Å². The predicted molar refractivity (Wildman–Crippen MR) is 166 cm³/mol. The normalized spacial score (nSPS) is 15.0. The van der Waals surface area contributed by atoms with Crippen molar-refractivity contribution in [3.05, 3.63) is 24.3 Å². The van der Waals surface area contributed by atoms with Crippen LogP contribution < -0.4 is 11.1 Å². The van der Waals surface area contributed by atoms with E-state index in [9.17, 15) is 19.4 Å². The van der Waals surface area contributed by atoms with E-state index in [-0.39, 0.29) is 25.7 Å². The maximum atomic E-state index is 12.6. The first-order valence-corrected chi connectivity index (χ1v) is 17.5. The molecule has 8 nitrogen and oxygen atoms in total. The van der Waals surface area contributed by atoms with Crippen LogP contribution in [0, 0.1) is 0 Å². The van der Waals surface area contributed by atoms with Crippen molar-refractivity contribution in [2.24, 2.45) is 5.73 Å². The number of rotatable bonds is 29. The first kappa shape index (κ1) is 39.0. The van der Waals surface area contributed by atoms with Crippen molar-refractivity contribution in [3.63, 3.8) is 0 Å². The fourth-order valence-corrected chi connectivity index (χ4v) is 5.07. The van der Waals surface area contributed by atoms with Gasteiger partial charge in [-0.05, 0) is 25.7 Å². The minimum Gasteiger partial charge on any atom is -0.387 e. The van der Waals surface area contributed by atoms with Crippen LogP contribution in [0.5, 0.6) is 0 Å². The van der Waals surface area contributed by atoms with Crippen LogP contribution in [0.25, 0.3) is 0 Å². The van der Waals surface area contributed by atoms with Gasteiger partial charge in [0.15, 0.2) is 0 Å². The van der Waals surface area contributed by atoms with Gasteiger partial charge in [0.2, 0.25) is 5.91 Å². The zero-order valence-electron chi connectivity index (χ0n) is 25.6. The summed E-state index contributed by atoms with van der Waals surface area (Å²) >= 11 is 0. The molecule has 0 heterocycles. The molecule has 0 fully saturated rings. The third kappa shape index (κ3) is 25.9. The monoisotopic (exact) mass is 588 g/mol. The molecule has 9 heteroatoms. The lowest BCUT2D eigenvalue weighted by Gasteiger charge is -2.23. The van der Waals surface area contributed by atoms with E-state index >= 15 is 0 Å². The highest BCUT2D eigenvalue weighted by molar-refractivity contribution is 7.47. The van der Waals surface area contributed by atoms with Crippen LogP contribution >= 0.6 is 7.82 Å². The van der Waals surface area contributed by atoms with Gasteiger partial charge in [-0.1, -0.05) is 128 Å². The van der Waals surface area contributed by atoms with Crippen molar-refractivity contribution in [1.29, 1.82) is 0 Å². The number of allylic oxidation sites excluding steroid dienone is 3. The molecule has 0 aromatic heterocycles. The molecule has 0 aromatic rings. The molecule has 3 unspecified atom stereocenters. The van der Waals surface area contributed by atoms with Crippen molar-refractivity contribution in [3.8, 4) is 0 Å². The summed E-state index contributed by atoms with van der Waals surface area (Å²) in [5.41, 5.74) is 5.32. The zero-order chi connectivity index (χ0) is 29.7. The lowest BCUT2D eigenvalue weighted by Crippen LogP contribution is -2.45. The minimum absolute atomic E-state index is 0.0749. The Morgan fingerprint density at radius 3 is 1.90 bits per heavy atom. The molecule has 236 valence electrons. The Morgan fingerprint density at radius 1 is 0.800 bits per heavy atom. The summed E-state index contributed by atoms with van der Waals surface area (Å²) in [7, 11) is -4.32. The van der Waals surface area contributed by atoms with Crippen molar-refractivity contribution < 1.29 is 28.4 Å². The second-order valence-corrected chi connectivity index (χ2v) is 12.1. The number of aliphatic hydroxyl groups excluding tert-OH is 1. The molecule has 0 aliphatic heterocycles. The summed E-state index contributed by atoms with van der Waals surface area (Å²) in [6.07, 6.45) is 28.1. The van der Waals surface area contributed by atoms with Gasteiger partial charge in [-0.15, -0.1) is 0 Å². The van der Waals surface area contributed by atoms with E-state index in [1.807, 2.05) is 6.08 Å². The van der Waals surface area contributed by atoms with E-state index in [0.29, 0.717) is 6.42 Å². The SMILES string of the molecule is CCCC/C=C/CC/C=C/C(O)C(COP(=O)(O)OCCN)NC(=O)CCCCCCCCCCCCCCC. The van der Waals surface area contributed by atoms with E-state index in [1.165, 1.54) is 77.0 Å². The van der Waals surface area contributed by atoms with Gasteiger partial charge in [-0.3, -0.25) is 13.8 Å². The Bertz CT molecular complexity index is 689. The molecular formula is C31H61N2O6P. The molecule has 0 saturated heterocycles. The molecule has 0 spiro atoms. The largest absolute Gasteiger partial charge is 0.472 e. The summed E-state index contributed by atoms with van der Waals surface area (Å²) in [6, 6.07) is -0.868. The van der Waals surface area contributed by atoms with E-state index < -0.39 is 20.0 Å². The fraction of sp³-hybridized carbons (Fsp3) is 0.839. The second-order valence-electron chi connectivity index (χ2n) is 10.7. The number of phosphoric acid groups is 1. The number of carbonyl (C=O) groups excluding carboxylic acids is 1. The molecule has 0 rings (SSSR count). The van der Waals surface area contributed by atoms with Gasteiger partial charge in [0.1, 0.15) is 0 Å². The van der Waals surface area contributed by atoms with Crippen LogP contribution in [0.2, 0.25) is 0 Å². The average molecular weight is 589 g/mol. The van der Waals surface area contributed by atoms with E-state index in [4.69, 9.17) is 14.8 Å². The molecule has 0 radical (unpaired) electrons. The third-order valence-corrected chi connectivity index (χ3v) is 7.76. The number of nitrogens with two attached hydrogens (primary N) is 1. The van der Waals surface area contributed by atoms with Crippen LogP contribution in [0.3, 0.4) is 0 Å². The average Bonchev–Trinajstić information content (AvgIpc) is 2.93. The molecule has 40 heavy (non-hydrogen) atoms. The Hall–Kier alpha value is -1.02. The fourth-order valence-electron chi connectivity index (χ4n) is 4.31. The smallest absolute Gasteiger partial charge is 0.387 e. The van der Waals surface area contributed by atoms with Gasteiger partial charge in [0, 0.05) is 13.0 Å². The highest BCUT2D eigenvalue weighted by Crippen LogP contribution is 2.43. The van der Waals surface area contributed by atoms with E-state index in [2.05, 4.69) is 31.3 Å². The van der Waals surface area contributed by atoms with Gasteiger partial charge in [0.25, 0.3) is 0 Å². The van der Waals surface area contributed by atoms with Crippen molar-refractivity contribution >= 4 is 13.7 Å². The molecule has 0 aliphatic carbocycles. The number of unbranched alkanes of at least 4 members (excludes halogenated alkanes) is 15. The van der Waals surface area contributed by atoms with Gasteiger partial charge in [-0.2, -0.15) is 0 Å². The first-order chi connectivity index (χ1) is 19.4. The Kier molecular flexibility index (Phi) is 27.4. The topological polar surface area (TPSA) is 131 Å². The molecule has 0 bridgehead atoms. The number of phosphoric ester groups is 1. The van der Waals surface area contributed by atoms with Gasteiger partial charge < -0.3 is 21.1 Å². The molecule has 0 aromatic carbocycles. The lowest BCUT2D eigenvalue weighted by molar-refractivity contribution is -0.123. The van der Waals surface area contributed by atoms with Crippen molar-refractivity contribution in [1.82, 2.24) is 5.32 Å². The number of aliphatic hydroxyl groups is 1. The summed E-state index contributed by atoms with van der Waals surface area (Å²) in [4.78, 5) is 22.4. The maximum absolute atomic E-state index is 12.6. The Balaban J connectivity index is 4.39. The number of nitrogens with one attached hydrogen (secondary N) is 1. The first-order valence-electron chi connectivity index (χ1n) is 16.0. The summed E-state index contributed by atoms with van der Waals surface area (Å²) in [5.74, 6) is -0.210. The minimum atomic E-state index is -4.32. The molecule has 0 aliphatic rings. The zero-order valence-corrected chi connectivity index (χ0v) is 26.5. The van der Waals surface area contributed by atoms with Crippen LogP contribution in [0.1, 0.15) is 136 Å².